The van der Waals surface area contributed by atoms with Crippen molar-refractivity contribution in [2.45, 2.75) is 32.2 Å². The average Bonchev–Trinajstić information content (AvgIpc) is 2.14. The first-order valence-corrected chi connectivity index (χ1v) is 4.84. The molecule has 0 aliphatic heterocycles. The summed E-state index contributed by atoms with van der Waals surface area (Å²) in [6, 6.07) is 0.245. The Morgan fingerprint density at radius 2 is 2.43 bits per heavy atom. The topological polar surface area (TPSA) is 58.6 Å². The normalized spacial score (nSPS) is 12.1. The standard InChI is InChI=1S/C10H19NO3/c1-3-14-8-4-7-11-9(2)5-6-10(12)13/h3,9,11H,1,4-8H2,2H3,(H,12,13). The molecular formula is C10H19NO3. The predicted octanol–water partition coefficient (Wildman–Crippen LogP) is 1.38. The number of aliphatic carboxylic acids is 1. The van der Waals surface area contributed by atoms with Crippen LogP contribution in [0.4, 0.5) is 0 Å². The number of hydrogen-bond acceptors (Lipinski definition) is 3. The van der Waals surface area contributed by atoms with Crippen LogP contribution < -0.4 is 5.32 Å². The summed E-state index contributed by atoms with van der Waals surface area (Å²) in [6.45, 7) is 6.91. The molecule has 0 bridgehead atoms. The van der Waals surface area contributed by atoms with E-state index in [1.165, 1.54) is 6.26 Å². The van der Waals surface area contributed by atoms with Crippen LogP contribution in [0.1, 0.15) is 26.2 Å². The van der Waals surface area contributed by atoms with Crippen LogP contribution in [0.5, 0.6) is 0 Å². The van der Waals surface area contributed by atoms with Crippen molar-refractivity contribution in [3.05, 3.63) is 12.8 Å². The van der Waals surface area contributed by atoms with E-state index in [0.717, 1.165) is 13.0 Å². The first kappa shape index (κ1) is 13.0. The summed E-state index contributed by atoms with van der Waals surface area (Å²) in [6.07, 6.45) is 3.21. The smallest absolute Gasteiger partial charge is 0.303 e. The Bertz CT molecular complexity index is 171. The van der Waals surface area contributed by atoms with Crippen molar-refractivity contribution in [1.29, 1.82) is 0 Å². The van der Waals surface area contributed by atoms with Gasteiger partial charge in [0.05, 0.1) is 12.9 Å². The van der Waals surface area contributed by atoms with Crippen LogP contribution in [0, 0.1) is 0 Å². The third-order valence-corrected chi connectivity index (χ3v) is 1.84. The average molecular weight is 201 g/mol. The fourth-order valence-corrected chi connectivity index (χ4v) is 1.03. The maximum Gasteiger partial charge on any atom is 0.303 e. The SMILES string of the molecule is C=COCCCNC(C)CCC(=O)O. The van der Waals surface area contributed by atoms with Gasteiger partial charge in [0.1, 0.15) is 0 Å². The summed E-state index contributed by atoms with van der Waals surface area (Å²) in [4.78, 5) is 10.3. The molecule has 0 aromatic carbocycles. The summed E-state index contributed by atoms with van der Waals surface area (Å²) >= 11 is 0. The van der Waals surface area contributed by atoms with Gasteiger partial charge in [-0.1, -0.05) is 6.58 Å². The second-order valence-corrected chi connectivity index (χ2v) is 3.18. The molecule has 0 radical (unpaired) electrons. The van der Waals surface area contributed by atoms with Gasteiger partial charge in [-0.15, -0.1) is 0 Å². The second kappa shape index (κ2) is 8.56. The maximum atomic E-state index is 10.3. The van der Waals surface area contributed by atoms with Gasteiger partial charge in [0, 0.05) is 12.5 Å². The summed E-state index contributed by atoms with van der Waals surface area (Å²) in [5.41, 5.74) is 0. The highest BCUT2D eigenvalue weighted by atomic mass is 16.5. The minimum absolute atomic E-state index is 0.220. The van der Waals surface area contributed by atoms with E-state index in [1.54, 1.807) is 0 Å². The molecule has 0 aromatic heterocycles. The third kappa shape index (κ3) is 9.06. The van der Waals surface area contributed by atoms with Gasteiger partial charge < -0.3 is 15.2 Å². The van der Waals surface area contributed by atoms with Crippen LogP contribution >= 0.6 is 0 Å². The van der Waals surface area contributed by atoms with Gasteiger partial charge in [0.15, 0.2) is 0 Å². The highest BCUT2D eigenvalue weighted by Gasteiger charge is 2.03. The Labute approximate surface area is 85.0 Å². The zero-order valence-electron chi connectivity index (χ0n) is 8.66. The number of carboxylic acid groups (broad SMARTS) is 1. The van der Waals surface area contributed by atoms with Crippen LogP contribution in [0.25, 0.3) is 0 Å². The number of carboxylic acids is 1. The Balaban J connectivity index is 3.21. The van der Waals surface area contributed by atoms with Gasteiger partial charge in [-0.25, -0.2) is 0 Å². The molecule has 0 amide bonds. The van der Waals surface area contributed by atoms with Gasteiger partial charge in [0.25, 0.3) is 0 Å². The predicted molar refractivity (Wildman–Crippen MR) is 55.1 cm³/mol. The molecule has 0 saturated heterocycles. The number of ether oxygens (including phenoxy) is 1. The molecule has 0 aromatic rings. The molecule has 0 aliphatic rings. The molecule has 0 rings (SSSR count). The van der Waals surface area contributed by atoms with E-state index in [1.807, 2.05) is 6.92 Å². The van der Waals surface area contributed by atoms with Gasteiger partial charge >= 0.3 is 5.97 Å². The Hall–Kier alpha value is -1.03. The van der Waals surface area contributed by atoms with Crippen LogP contribution in [0.2, 0.25) is 0 Å². The molecule has 4 nitrogen and oxygen atoms in total. The van der Waals surface area contributed by atoms with Crippen molar-refractivity contribution in [3.8, 4) is 0 Å². The van der Waals surface area contributed by atoms with E-state index >= 15 is 0 Å². The van der Waals surface area contributed by atoms with Gasteiger partial charge in [-0.3, -0.25) is 4.79 Å². The van der Waals surface area contributed by atoms with Crippen LogP contribution in [0.3, 0.4) is 0 Å². The number of nitrogens with one attached hydrogen (secondary N) is 1. The molecular weight excluding hydrogens is 182 g/mol. The minimum atomic E-state index is -0.742. The third-order valence-electron chi connectivity index (χ3n) is 1.84. The molecule has 1 atom stereocenters. The lowest BCUT2D eigenvalue weighted by atomic mass is 10.2. The fraction of sp³-hybridized carbons (Fsp3) is 0.700. The molecule has 0 saturated carbocycles. The molecule has 1 unspecified atom stereocenters. The quantitative estimate of drug-likeness (QED) is 0.437. The van der Waals surface area contributed by atoms with Crippen LogP contribution in [-0.2, 0) is 9.53 Å². The maximum absolute atomic E-state index is 10.3. The van der Waals surface area contributed by atoms with Crippen molar-refractivity contribution < 1.29 is 14.6 Å². The lowest BCUT2D eigenvalue weighted by molar-refractivity contribution is -0.137. The Morgan fingerprint density at radius 1 is 1.71 bits per heavy atom. The number of rotatable bonds is 9. The molecule has 82 valence electrons. The van der Waals surface area contributed by atoms with Crippen molar-refractivity contribution in [2.24, 2.45) is 0 Å². The number of hydrogen-bond donors (Lipinski definition) is 2. The molecule has 0 fully saturated rings. The molecule has 0 heterocycles. The van der Waals surface area contributed by atoms with Gasteiger partial charge in [0.2, 0.25) is 0 Å². The summed E-state index contributed by atoms with van der Waals surface area (Å²) in [5, 5.41) is 11.7. The van der Waals surface area contributed by atoms with E-state index in [0.29, 0.717) is 13.0 Å². The number of carbonyl (C=O) groups is 1. The molecule has 4 heteroatoms. The Kier molecular flexibility index (Phi) is 7.93. The molecule has 0 aliphatic carbocycles. The highest BCUT2D eigenvalue weighted by Crippen LogP contribution is 1.96. The van der Waals surface area contributed by atoms with Crippen molar-refractivity contribution in [1.82, 2.24) is 5.32 Å². The highest BCUT2D eigenvalue weighted by molar-refractivity contribution is 5.66. The summed E-state index contributed by atoms with van der Waals surface area (Å²) < 4.78 is 4.94. The summed E-state index contributed by atoms with van der Waals surface area (Å²) in [5.74, 6) is -0.742. The Morgan fingerprint density at radius 3 is 3.00 bits per heavy atom. The zero-order chi connectivity index (χ0) is 10.8. The van der Waals surface area contributed by atoms with E-state index < -0.39 is 5.97 Å². The van der Waals surface area contributed by atoms with Crippen molar-refractivity contribution >= 4 is 5.97 Å². The van der Waals surface area contributed by atoms with E-state index in [2.05, 4.69) is 11.9 Å². The first-order valence-electron chi connectivity index (χ1n) is 4.84. The first-order chi connectivity index (χ1) is 6.66. The largest absolute Gasteiger partial charge is 0.502 e. The lowest BCUT2D eigenvalue weighted by Crippen LogP contribution is -2.28. The lowest BCUT2D eigenvalue weighted by Gasteiger charge is -2.11. The molecule has 14 heavy (non-hydrogen) atoms. The zero-order valence-corrected chi connectivity index (χ0v) is 8.66. The van der Waals surface area contributed by atoms with Crippen LogP contribution in [-0.4, -0.2) is 30.3 Å². The van der Waals surface area contributed by atoms with Crippen molar-refractivity contribution in [2.75, 3.05) is 13.2 Å². The fourth-order valence-electron chi connectivity index (χ4n) is 1.03. The minimum Gasteiger partial charge on any atom is -0.502 e. The van der Waals surface area contributed by atoms with E-state index in [4.69, 9.17) is 9.84 Å². The van der Waals surface area contributed by atoms with Crippen molar-refractivity contribution in [3.63, 3.8) is 0 Å². The molecule has 2 N–H and O–H groups in total. The summed E-state index contributed by atoms with van der Waals surface area (Å²) in [7, 11) is 0. The van der Waals surface area contributed by atoms with E-state index in [-0.39, 0.29) is 12.5 Å². The van der Waals surface area contributed by atoms with Gasteiger partial charge in [-0.2, -0.15) is 0 Å². The van der Waals surface area contributed by atoms with Crippen LogP contribution in [0.15, 0.2) is 12.8 Å². The second-order valence-electron chi connectivity index (χ2n) is 3.18. The van der Waals surface area contributed by atoms with E-state index in [9.17, 15) is 4.79 Å². The van der Waals surface area contributed by atoms with Gasteiger partial charge in [-0.05, 0) is 26.3 Å². The molecule has 0 spiro atoms. The monoisotopic (exact) mass is 201 g/mol.